The Morgan fingerprint density at radius 1 is 0.900 bits per heavy atom. The van der Waals surface area contributed by atoms with Crippen LogP contribution < -0.4 is 5.73 Å². The van der Waals surface area contributed by atoms with Gasteiger partial charge in [0.1, 0.15) is 11.5 Å². The van der Waals surface area contributed by atoms with Crippen LogP contribution in [0.25, 0.3) is 33.5 Å². The number of ether oxygens (including phenoxy) is 1. The second kappa shape index (κ2) is 8.04. The van der Waals surface area contributed by atoms with Crippen molar-refractivity contribution in [3.05, 3.63) is 66.7 Å². The highest BCUT2D eigenvalue weighted by molar-refractivity contribution is 5.81. The molecular weight excluding hydrogens is 376 g/mol. The molecule has 7 nitrogen and oxygen atoms in total. The van der Waals surface area contributed by atoms with Crippen LogP contribution in [0.4, 0.5) is 5.82 Å². The van der Waals surface area contributed by atoms with Gasteiger partial charge in [0, 0.05) is 48.5 Å². The maximum atomic E-state index is 6.16. The highest BCUT2D eigenvalue weighted by Crippen LogP contribution is 2.37. The van der Waals surface area contributed by atoms with E-state index in [1.54, 1.807) is 18.6 Å². The number of hydrogen-bond acceptors (Lipinski definition) is 6. The van der Waals surface area contributed by atoms with Crippen molar-refractivity contribution in [3.8, 4) is 33.5 Å². The minimum atomic E-state index is 0.455. The standard InChI is InChI=1S/C23H22N6O/c24-23-20(15-3-7-25-8-4-15)12-18(13-26-23)17-1-2-19(16-5-9-30-10-6-16)21(11-17)22-14-27-29-28-22/h1-4,7-8,11-14,16H,5-6,9-10H2,(H2,24,26)(H,27,28,29). The first-order valence-electron chi connectivity index (χ1n) is 10.0. The van der Waals surface area contributed by atoms with E-state index in [0.29, 0.717) is 11.7 Å². The number of hydrogen-bond donors (Lipinski definition) is 2. The van der Waals surface area contributed by atoms with Crippen molar-refractivity contribution in [2.24, 2.45) is 0 Å². The van der Waals surface area contributed by atoms with E-state index in [1.807, 2.05) is 18.3 Å². The van der Waals surface area contributed by atoms with E-state index in [0.717, 1.165) is 59.6 Å². The summed E-state index contributed by atoms with van der Waals surface area (Å²) < 4.78 is 5.55. The number of pyridine rings is 2. The van der Waals surface area contributed by atoms with Gasteiger partial charge in [-0.3, -0.25) is 4.98 Å². The van der Waals surface area contributed by atoms with E-state index in [4.69, 9.17) is 10.5 Å². The largest absolute Gasteiger partial charge is 0.383 e. The number of nitrogens with two attached hydrogens (primary N) is 1. The van der Waals surface area contributed by atoms with E-state index in [1.165, 1.54) is 5.56 Å². The van der Waals surface area contributed by atoms with Crippen LogP contribution in [0.3, 0.4) is 0 Å². The number of nitrogen functional groups attached to an aromatic ring is 1. The van der Waals surface area contributed by atoms with Crippen LogP contribution in [0.1, 0.15) is 24.3 Å². The Hall–Kier alpha value is -3.58. The van der Waals surface area contributed by atoms with Gasteiger partial charge in [-0.05, 0) is 59.7 Å². The molecule has 0 atom stereocenters. The number of nitrogens with one attached hydrogen (secondary N) is 1. The Kier molecular flexibility index (Phi) is 4.94. The molecule has 4 heterocycles. The molecule has 0 radical (unpaired) electrons. The smallest absolute Gasteiger partial charge is 0.131 e. The van der Waals surface area contributed by atoms with E-state index < -0.39 is 0 Å². The summed E-state index contributed by atoms with van der Waals surface area (Å²) in [5.41, 5.74) is 13.3. The summed E-state index contributed by atoms with van der Waals surface area (Å²) in [7, 11) is 0. The van der Waals surface area contributed by atoms with Gasteiger partial charge in [-0.1, -0.05) is 12.1 Å². The molecule has 4 aromatic rings. The van der Waals surface area contributed by atoms with Gasteiger partial charge in [-0.25, -0.2) is 4.98 Å². The second-order valence-corrected chi connectivity index (χ2v) is 7.44. The molecule has 30 heavy (non-hydrogen) atoms. The molecule has 3 aromatic heterocycles. The average Bonchev–Trinajstić information content (AvgIpc) is 3.35. The molecule has 0 spiro atoms. The van der Waals surface area contributed by atoms with Gasteiger partial charge in [0.2, 0.25) is 0 Å². The van der Waals surface area contributed by atoms with Crippen LogP contribution in [0, 0.1) is 0 Å². The van der Waals surface area contributed by atoms with Crippen molar-refractivity contribution in [2.75, 3.05) is 18.9 Å². The maximum absolute atomic E-state index is 6.16. The van der Waals surface area contributed by atoms with Gasteiger partial charge in [0.15, 0.2) is 0 Å². The third-order valence-electron chi connectivity index (χ3n) is 5.65. The molecule has 0 unspecified atom stereocenters. The van der Waals surface area contributed by atoms with Gasteiger partial charge < -0.3 is 10.5 Å². The molecule has 1 aliphatic heterocycles. The predicted molar refractivity (Wildman–Crippen MR) is 115 cm³/mol. The molecule has 0 saturated carbocycles. The zero-order chi connectivity index (χ0) is 20.3. The summed E-state index contributed by atoms with van der Waals surface area (Å²) in [5.74, 6) is 0.955. The molecule has 1 saturated heterocycles. The van der Waals surface area contributed by atoms with Crippen LogP contribution in [0.2, 0.25) is 0 Å². The first kappa shape index (κ1) is 18.4. The van der Waals surface area contributed by atoms with Crippen molar-refractivity contribution >= 4 is 5.82 Å². The van der Waals surface area contributed by atoms with Crippen molar-refractivity contribution < 1.29 is 4.74 Å². The van der Waals surface area contributed by atoms with E-state index in [-0.39, 0.29) is 0 Å². The molecular formula is C23H22N6O. The molecule has 7 heteroatoms. The molecule has 0 bridgehead atoms. The Bertz CT molecular complexity index is 1140. The van der Waals surface area contributed by atoms with E-state index in [9.17, 15) is 0 Å². The fourth-order valence-electron chi connectivity index (χ4n) is 4.05. The van der Waals surface area contributed by atoms with Gasteiger partial charge in [-0.15, -0.1) is 0 Å². The second-order valence-electron chi connectivity index (χ2n) is 7.44. The number of nitrogens with zero attached hydrogens (tertiary/aromatic N) is 4. The highest BCUT2D eigenvalue weighted by Gasteiger charge is 2.21. The van der Waals surface area contributed by atoms with Crippen LogP contribution in [0.5, 0.6) is 0 Å². The van der Waals surface area contributed by atoms with Crippen molar-refractivity contribution in [2.45, 2.75) is 18.8 Å². The first-order valence-corrected chi connectivity index (χ1v) is 10.0. The van der Waals surface area contributed by atoms with Crippen LogP contribution in [0.15, 0.2) is 61.2 Å². The third kappa shape index (κ3) is 3.55. The van der Waals surface area contributed by atoms with Gasteiger partial charge >= 0.3 is 0 Å². The summed E-state index contributed by atoms with van der Waals surface area (Å²) >= 11 is 0. The number of aromatic amines is 1. The van der Waals surface area contributed by atoms with E-state index >= 15 is 0 Å². The van der Waals surface area contributed by atoms with Gasteiger partial charge in [0.05, 0.1) is 6.20 Å². The minimum Gasteiger partial charge on any atom is -0.383 e. The molecule has 3 N–H and O–H groups in total. The van der Waals surface area contributed by atoms with Crippen molar-refractivity contribution in [1.29, 1.82) is 0 Å². The lowest BCUT2D eigenvalue weighted by Gasteiger charge is -2.24. The Labute approximate surface area is 174 Å². The SMILES string of the molecule is Nc1ncc(-c2ccc(C3CCOCC3)c(-c3cn[nH]n3)c2)cc1-c1ccncc1. The number of rotatable bonds is 4. The van der Waals surface area contributed by atoms with Crippen molar-refractivity contribution in [1.82, 2.24) is 25.4 Å². The third-order valence-corrected chi connectivity index (χ3v) is 5.65. The summed E-state index contributed by atoms with van der Waals surface area (Å²) in [4.78, 5) is 8.53. The number of benzene rings is 1. The molecule has 1 aromatic carbocycles. The maximum Gasteiger partial charge on any atom is 0.131 e. The monoisotopic (exact) mass is 398 g/mol. The zero-order valence-electron chi connectivity index (χ0n) is 16.5. The quantitative estimate of drug-likeness (QED) is 0.537. The van der Waals surface area contributed by atoms with Crippen molar-refractivity contribution in [3.63, 3.8) is 0 Å². The topological polar surface area (TPSA) is 103 Å². The summed E-state index contributed by atoms with van der Waals surface area (Å²) in [6.45, 7) is 1.59. The minimum absolute atomic E-state index is 0.455. The Morgan fingerprint density at radius 3 is 2.47 bits per heavy atom. The fraction of sp³-hybridized carbons (Fsp3) is 0.217. The first-order chi connectivity index (χ1) is 14.8. The van der Waals surface area contributed by atoms with Gasteiger partial charge in [-0.2, -0.15) is 15.4 Å². The number of anilines is 1. The summed E-state index contributed by atoms with van der Waals surface area (Å²) in [5, 5.41) is 11.1. The lowest BCUT2D eigenvalue weighted by Crippen LogP contribution is -2.14. The van der Waals surface area contributed by atoms with Crippen LogP contribution in [-0.4, -0.2) is 38.6 Å². The normalized spacial score (nSPS) is 14.7. The Morgan fingerprint density at radius 2 is 1.70 bits per heavy atom. The molecule has 1 fully saturated rings. The average molecular weight is 398 g/mol. The highest BCUT2D eigenvalue weighted by atomic mass is 16.5. The Balaban J connectivity index is 1.59. The summed E-state index contributed by atoms with van der Waals surface area (Å²) in [6, 6.07) is 12.5. The predicted octanol–water partition coefficient (Wildman–Crippen LogP) is 4.07. The number of aromatic nitrogens is 5. The van der Waals surface area contributed by atoms with E-state index in [2.05, 4.69) is 49.6 Å². The molecule has 0 amide bonds. The number of H-pyrrole nitrogens is 1. The summed E-state index contributed by atoms with van der Waals surface area (Å²) in [6.07, 6.45) is 9.13. The lowest BCUT2D eigenvalue weighted by atomic mass is 9.86. The lowest BCUT2D eigenvalue weighted by molar-refractivity contribution is 0.0854. The molecule has 5 rings (SSSR count). The molecule has 0 aliphatic carbocycles. The van der Waals surface area contributed by atoms with Gasteiger partial charge in [0.25, 0.3) is 0 Å². The molecule has 1 aliphatic rings. The zero-order valence-corrected chi connectivity index (χ0v) is 16.5. The molecule has 150 valence electrons. The fourth-order valence-corrected chi connectivity index (χ4v) is 4.05. The van der Waals surface area contributed by atoms with Crippen LogP contribution >= 0.6 is 0 Å². The van der Waals surface area contributed by atoms with Crippen LogP contribution in [-0.2, 0) is 4.74 Å².